The Labute approximate surface area is 79.0 Å². The van der Waals surface area contributed by atoms with Gasteiger partial charge in [0.25, 0.3) is 0 Å². The quantitative estimate of drug-likeness (QED) is 0.684. The van der Waals surface area contributed by atoms with Crippen molar-refractivity contribution in [2.45, 2.75) is 18.6 Å². The Morgan fingerprint density at radius 3 is 2.64 bits per heavy atom. The maximum atomic E-state index is 11.8. The SMILES string of the molecule is O=C(NCC1NCC2CC21)C(F)(F)F. The number of carbonyl (C=O) groups excluding carboxylic acids is 1. The van der Waals surface area contributed by atoms with E-state index in [0.717, 1.165) is 13.0 Å². The highest BCUT2D eigenvalue weighted by Gasteiger charge is 2.48. The third-order valence-corrected chi connectivity index (χ3v) is 2.88. The normalized spacial score (nSPS) is 35.2. The lowest BCUT2D eigenvalue weighted by atomic mass is 10.2. The van der Waals surface area contributed by atoms with Crippen LogP contribution in [-0.4, -0.2) is 31.2 Å². The summed E-state index contributed by atoms with van der Waals surface area (Å²) in [5.41, 5.74) is 0. The van der Waals surface area contributed by atoms with Crippen molar-refractivity contribution >= 4 is 5.91 Å². The number of rotatable bonds is 2. The molecule has 2 N–H and O–H groups in total. The Bertz CT molecular complexity index is 253. The molecule has 2 rings (SSSR count). The van der Waals surface area contributed by atoms with E-state index < -0.39 is 12.1 Å². The van der Waals surface area contributed by atoms with Crippen molar-refractivity contribution in [1.29, 1.82) is 0 Å². The van der Waals surface area contributed by atoms with Crippen LogP contribution in [-0.2, 0) is 4.79 Å². The molecular weight excluding hydrogens is 197 g/mol. The molecule has 0 aromatic carbocycles. The summed E-state index contributed by atoms with van der Waals surface area (Å²) in [7, 11) is 0. The molecule has 3 nitrogen and oxygen atoms in total. The second-order valence-electron chi connectivity index (χ2n) is 3.88. The Kier molecular flexibility index (Phi) is 2.17. The number of hydrogen-bond acceptors (Lipinski definition) is 2. The lowest BCUT2D eigenvalue weighted by Crippen LogP contribution is -2.44. The zero-order valence-electron chi connectivity index (χ0n) is 7.40. The molecule has 1 heterocycles. The van der Waals surface area contributed by atoms with Crippen LogP contribution >= 0.6 is 0 Å². The summed E-state index contributed by atoms with van der Waals surface area (Å²) < 4.78 is 35.4. The molecule has 0 radical (unpaired) electrons. The van der Waals surface area contributed by atoms with Crippen molar-refractivity contribution in [3.05, 3.63) is 0 Å². The molecule has 1 aliphatic carbocycles. The number of alkyl halides is 3. The van der Waals surface area contributed by atoms with E-state index in [9.17, 15) is 18.0 Å². The lowest BCUT2D eigenvalue weighted by Gasteiger charge is -2.14. The molecule has 0 spiro atoms. The molecule has 0 aromatic heterocycles. The molecule has 14 heavy (non-hydrogen) atoms. The summed E-state index contributed by atoms with van der Waals surface area (Å²) in [5.74, 6) is -0.741. The van der Waals surface area contributed by atoms with Crippen LogP contribution in [0.4, 0.5) is 13.2 Å². The summed E-state index contributed by atoms with van der Waals surface area (Å²) in [6.45, 7) is 0.955. The van der Waals surface area contributed by atoms with Crippen molar-refractivity contribution < 1.29 is 18.0 Å². The first kappa shape index (κ1) is 9.76. The van der Waals surface area contributed by atoms with Gasteiger partial charge in [-0.25, -0.2) is 0 Å². The van der Waals surface area contributed by atoms with Gasteiger partial charge in [-0.05, 0) is 24.8 Å². The second-order valence-corrected chi connectivity index (χ2v) is 3.88. The largest absolute Gasteiger partial charge is 0.471 e. The average molecular weight is 208 g/mol. The zero-order chi connectivity index (χ0) is 10.3. The topological polar surface area (TPSA) is 41.1 Å². The van der Waals surface area contributed by atoms with Crippen LogP contribution in [0.2, 0.25) is 0 Å². The first-order valence-electron chi connectivity index (χ1n) is 4.57. The number of carbonyl (C=O) groups is 1. The maximum absolute atomic E-state index is 11.8. The number of hydrogen-bond donors (Lipinski definition) is 2. The van der Waals surface area contributed by atoms with E-state index in [2.05, 4.69) is 5.32 Å². The molecule has 1 saturated heterocycles. The van der Waals surface area contributed by atoms with Crippen molar-refractivity contribution in [1.82, 2.24) is 10.6 Å². The Balaban J connectivity index is 1.74. The van der Waals surface area contributed by atoms with Crippen LogP contribution in [0.15, 0.2) is 0 Å². The zero-order valence-corrected chi connectivity index (χ0v) is 7.40. The molecule has 2 aliphatic rings. The molecule has 1 saturated carbocycles. The highest BCUT2D eigenvalue weighted by Crippen LogP contribution is 2.44. The van der Waals surface area contributed by atoms with Gasteiger partial charge in [0.1, 0.15) is 0 Å². The minimum absolute atomic E-state index is 0.0336. The van der Waals surface area contributed by atoms with Crippen LogP contribution < -0.4 is 10.6 Å². The van der Waals surface area contributed by atoms with Gasteiger partial charge in [0, 0.05) is 12.6 Å². The minimum Gasteiger partial charge on any atom is -0.347 e. The predicted octanol–water partition coefficient (Wildman–Crippen LogP) is 0.273. The van der Waals surface area contributed by atoms with Gasteiger partial charge in [-0.3, -0.25) is 4.79 Å². The van der Waals surface area contributed by atoms with E-state index in [0.29, 0.717) is 11.8 Å². The van der Waals surface area contributed by atoms with E-state index in [4.69, 9.17) is 0 Å². The van der Waals surface area contributed by atoms with Gasteiger partial charge in [-0.15, -0.1) is 0 Å². The van der Waals surface area contributed by atoms with Gasteiger partial charge < -0.3 is 10.6 Å². The van der Waals surface area contributed by atoms with Crippen LogP contribution in [0.5, 0.6) is 0 Å². The summed E-state index contributed by atoms with van der Waals surface area (Å²) in [6, 6.07) is 0.0336. The number of piperidine rings is 1. The predicted molar refractivity (Wildman–Crippen MR) is 42.5 cm³/mol. The average Bonchev–Trinajstić information content (AvgIpc) is 2.75. The highest BCUT2D eigenvalue weighted by atomic mass is 19.4. The van der Waals surface area contributed by atoms with E-state index in [1.54, 1.807) is 0 Å². The molecule has 6 heteroatoms. The smallest absolute Gasteiger partial charge is 0.347 e. The highest BCUT2D eigenvalue weighted by molar-refractivity contribution is 5.81. The second kappa shape index (κ2) is 3.12. The monoisotopic (exact) mass is 208 g/mol. The molecule has 1 aliphatic heterocycles. The Morgan fingerprint density at radius 2 is 2.21 bits per heavy atom. The summed E-state index contributed by atoms with van der Waals surface area (Å²) >= 11 is 0. The molecule has 80 valence electrons. The Morgan fingerprint density at radius 1 is 1.50 bits per heavy atom. The number of nitrogens with one attached hydrogen (secondary N) is 2. The molecular formula is C8H11F3N2O. The van der Waals surface area contributed by atoms with Crippen molar-refractivity contribution in [2.24, 2.45) is 11.8 Å². The first-order chi connectivity index (χ1) is 6.48. The van der Waals surface area contributed by atoms with Crippen molar-refractivity contribution in [3.8, 4) is 0 Å². The van der Waals surface area contributed by atoms with E-state index in [-0.39, 0.29) is 12.6 Å². The summed E-state index contributed by atoms with van der Waals surface area (Å²) in [5, 5.41) is 4.98. The van der Waals surface area contributed by atoms with Gasteiger partial charge in [0.05, 0.1) is 0 Å². The minimum atomic E-state index is -4.76. The number of fused-ring (bicyclic) bond motifs is 1. The van der Waals surface area contributed by atoms with E-state index in [1.807, 2.05) is 5.32 Å². The van der Waals surface area contributed by atoms with Crippen molar-refractivity contribution in [3.63, 3.8) is 0 Å². The van der Waals surface area contributed by atoms with Crippen LogP contribution in [0.3, 0.4) is 0 Å². The summed E-state index contributed by atoms with van der Waals surface area (Å²) in [4.78, 5) is 10.5. The fourth-order valence-electron chi connectivity index (χ4n) is 1.98. The third-order valence-electron chi connectivity index (χ3n) is 2.88. The molecule has 0 bridgehead atoms. The Hall–Kier alpha value is -0.780. The van der Waals surface area contributed by atoms with Crippen molar-refractivity contribution in [2.75, 3.05) is 13.1 Å². The first-order valence-corrected chi connectivity index (χ1v) is 4.57. The van der Waals surface area contributed by atoms with Crippen LogP contribution in [0.25, 0.3) is 0 Å². The van der Waals surface area contributed by atoms with Gasteiger partial charge in [0.2, 0.25) is 0 Å². The number of amides is 1. The van der Waals surface area contributed by atoms with E-state index >= 15 is 0 Å². The maximum Gasteiger partial charge on any atom is 0.471 e. The van der Waals surface area contributed by atoms with Gasteiger partial charge >= 0.3 is 12.1 Å². The fourth-order valence-corrected chi connectivity index (χ4v) is 1.98. The number of halogens is 3. The standard InChI is InChI=1S/C8H11F3N2O/c9-8(10,11)7(14)13-3-6-5-1-4(5)2-12-6/h4-6,12H,1-3H2,(H,13,14). The molecule has 0 aromatic rings. The molecule has 1 amide bonds. The lowest BCUT2D eigenvalue weighted by molar-refractivity contribution is -0.173. The third kappa shape index (κ3) is 1.84. The summed E-state index contributed by atoms with van der Waals surface area (Å²) in [6.07, 6.45) is -3.68. The van der Waals surface area contributed by atoms with E-state index in [1.165, 1.54) is 0 Å². The van der Waals surface area contributed by atoms with Crippen LogP contribution in [0.1, 0.15) is 6.42 Å². The van der Waals surface area contributed by atoms with Gasteiger partial charge in [-0.2, -0.15) is 13.2 Å². The van der Waals surface area contributed by atoms with Gasteiger partial charge in [0.15, 0.2) is 0 Å². The van der Waals surface area contributed by atoms with Gasteiger partial charge in [-0.1, -0.05) is 0 Å². The van der Waals surface area contributed by atoms with Crippen LogP contribution in [0, 0.1) is 11.8 Å². The molecule has 2 fully saturated rings. The molecule has 3 unspecified atom stereocenters. The molecule has 3 atom stereocenters. The fraction of sp³-hybridized carbons (Fsp3) is 0.875.